The van der Waals surface area contributed by atoms with E-state index in [1.165, 1.54) is 0 Å². The Morgan fingerprint density at radius 2 is 2.06 bits per heavy atom. The van der Waals surface area contributed by atoms with Gasteiger partial charge in [-0.3, -0.25) is 0 Å². The van der Waals surface area contributed by atoms with Crippen molar-refractivity contribution in [1.82, 2.24) is 4.98 Å². The molecule has 0 bridgehead atoms. The molecule has 1 aromatic carbocycles. The molecule has 90 valence electrons. The van der Waals surface area contributed by atoms with Gasteiger partial charge in [-0.05, 0) is 18.2 Å². The summed E-state index contributed by atoms with van der Waals surface area (Å²) in [5, 5.41) is 8.61. The minimum Gasteiger partial charge on any atom is -0.477 e. The highest BCUT2D eigenvalue weighted by atomic mass is 19.3. The van der Waals surface area contributed by atoms with Crippen molar-refractivity contribution in [1.29, 1.82) is 0 Å². The van der Waals surface area contributed by atoms with Gasteiger partial charge in [-0.25, -0.2) is 18.0 Å². The molecule has 2 N–H and O–H groups in total. The Hall–Kier alpha value is -1.98. The molecular formula is C11H8F3NO2. The lowest BCUT2D eigenvalue weighted by Gasteiger charge is -2.11. The molecule has 1 heterocycles. The van der Waals surface area contributed by atoms with Crippen molar-refractivity contribution in [2.75, 3.05) is 0 Å². The lowest BCUT2D eigenvalue weighted by Crippen LogP contribution is -2.07. The summed E-state index contributed by atoms with van der Waals surface area (Å²) in [6.45, 7) is 0.674. The number of fused-ring (bicyclic) bond motifs is 1. The number of carboxylic acids is 1. The van der Waals surface area contributed by atoms with Gasteiger partial charge in [-0.2, -0.15) is 0 Å². The van der Waals surface area contributed by atoms with E-state index in [9.17, 15) is 18.0 Å². The smallest absolute Gasteiger partial charge is 0.352 e. The summed E-state index contributed by atoms with van der Waals surface area (Å²) in [7, 11) is 0. The second kappa shape index (κ2) is 3.51. The Morgan fingerprint density at radius 3 is 2.59 bits per heavy atom. The van der Waals surface area contributed by atoms with Gasteiger partial charge in [0.25, 0.3) is 5.92 Å². The molecule has 3 nitrogen and oxygen atoms in total. The second-order valence-electron chi connectivity index (χ2n) is 3.76. The van der Waals surface area contributed by atoms with E-state index >= 15 is 0 Å². The number of rotatable bonds is 2. The topological polar surface area (TPSA) is 53.1 Å². The molecule has 1 aromatic heterocycles. The van der Waals surface area contributed by atoms with Crippen LogP contribution >= 0.6 is 0 Å². The van der Waals surface area contributed by atoms with Crippen LogP contribution in [0.5, 0.6) is 0 Å². The van der Waals surface area contributed by atoms with Crippen LogP contribution in [-0.4, -0.2) is 16.1 Å². The second-order valence-corrected chi connectivity index (χ2v) is 3.76. The largest absolute Gasteiger partial charge is 0.477 e. The first kappa shape index (κ1) is 11.5. The van der Waals surface area contributed by atoms with E-state index in [4.69, 9.17) is 5.11 Å². The van der Waals surface area contributed by atoms with Gasteiger partial charge in [0.2, 0.25) is 0 Å². The first-order chi connectivity index (χ1) is 7.80. The predicted molar refractivity (Wildman–Crippen MR) is 54.8 cm³/mol. The van der Waals surface area contributed by atoms with Crippen LogP contribution in [0.3, 0.4) is 0 Å². The Morgan fingerprint density at radius 1 is 1.41 bits per heavy atom. The summed E-state index contributed by atoms with van der Waals surface area (Å²) in [5.74, 6) is -5.25. The Balaban J connectivity index is 2.81. The van der Waals surface area contributed by atoms with Gasteiger partial charge in [0.05, 0.1) is 5.52 Å². The molecule has 0 amide bonds. The van der Waals surface area contributed by atoms with Crippen LogP contribution in [0.2, 0.25) is 0 Å². The molecule has 0 fully saturated rings. The molecule has 0 unspecified atom stereocenters. The summed E-state index contributed by atoms with van der Waals surface area (Å²) < 4.78 is 39.8. The monoisotopic (exact) mass is 243 g/mol. The van der Waals surface area contributed by atoms with Gasteiger partial charge in [0, 0.05) is 17.9 Å². The average molecular weight is 243 g/mol. The zero-order valence-corrected chi connectivity index (χ0v) is 8.72. The molecule has 0 saturated carbocycles. The molecule has 2 aromatic rings. The number of benzene rings is 1. The molecule has 0 aliphatic heterocycles. The molecule has 0 saturated heterocycles. The first-order valence-electron chi connectivity index (χ1n) is 4.73. The van der Waals surface area contributed by atoms with Crippen molar-refractivity contribution in [2.45, 2.75) is 12.8 Å². The lowest BCUT2D eigenvalue weighted by atomic mass is 10.0. The molecule has 0 aliphatic rings. The lowest BCUT2D eigenvalue weighted by molar-refractivity contribution is 0.0190. The number of halogens is 3. The molecule has 0 aliphatic carbocycles. The van der Waals surface area contributed by atoms with Crippen LogP contribution in [0.4, 0.5) is 13.2 Å². The highest BCUT2D eigenvalue weighted by molar-refractivity contribution is 5.95. The SMILES string of the molecule is CC(F)(F)c1ccc(F)c2[nH]c(C(=O)O)cc12. The van der Waals surface area contributed by atoms with Crippen LogP contribution < -0.4 is 0 Å². The standard InChI is InChI=1S/C11H8F3NO2/c1-11(13,14)6-2-3-7(12)9-5(6)4-8(15-9)10(16)17/h2-4,15H,1H3,(H,16,17). The zero-order valence-electron chi connectivity index (χ0n) is 8.72. The third-order valence-corrected chi connectivity index (χ3v) is 2.45. The fraction of sp³-hybridized carbons (Fsp3) is 0.182. The number of aromatic amines is 1. The summed E-state index contributed by atoms with van der Waals surface area (Å²) >= 11 is 0. The molecule has 0 radical (unpaired) electrons. The van der Waals surface area contributed by atoms with E-state index in [1.54, 1.807) is 0 Å². The maximum Gasteiger partial charge on any atom is 0.352 e. The van der Waals surface area contributed by atoms with Gasteiger partial charge < -0.3 is 10.1 Å². The van der Waals surface area contributed by atoms with Gasteiger partial charge in [-0.15, -0.1) is 0 Å². The van der Waals surface area contributed by atoms with Crippen LogP contribution in [0.25, 0.3) is 10.9 Å². The van der Waals surface area contributed by atoms with E-state index in [2.05, 4.69) is 4.98 Å². The van der Waals surface area contributed by atoms with Crippen LogP contribution in [0.15, 0.2) is 18.2 Å². The number of carboxylic acid groups (broad SMARTS) is 1. The summed E-state index contributed by atoms with van der Waals surface area (Å²) in [6, 6.07) is 2.85. The fourth-order valence-electron chi connectivity index (χ4n) is 1.68. The predicted octanol–water partition coefficient (Wildman–Crippen LogP) is 3.12. The number of H-pyrrole nitrogens is 1. The van der Waals surface area contributed by atoms with Crippen molar-refractivity contribution in [3.63, 3.8) is 0 Å². The third kappa shape index (κ3) is 1.86. The van der Waals surface area contributed by atoms with E-state index in [0.717, 1.165) is 18.2 Å². The number of aromatic carboxylic acids is 1. The summed E-state index contributed by atoms with van der Waals surface area (Å²) in [6.07, 6.45) is 0. The molecule has 2 rings (SSSR count). The normalized spacial score (nSPS) is 12.0. The van der Waals surface area contributed by atoms with Gasteiger partial charge in [0.1, 0.15) is 11.5 Å². The summed E-state index contributed by atoms with van der Waals surface area (Å²) in [4.78, 5) is 13.0. The number of hydrogen-bond donors (Lipinski definition) is 2. The molecule has 17 heavy (non-hydrogen) atoms. The van der Waals surface area contributed by atoms with Crippen molar-refractivity contribution < 1.29 is 23.1 Å². The van der Waals surface area contributed by atoms with E-state index < -0.39 is 23.3 Å². The third-order valence-electron chi connectivity index (χ3n) is 2.45. The number of nitrogens with one attached hydrogen (secondary N) is 1. The van der Waals surface area contributed by atoms with Crippen LogP contribution in [-0.2, 0) is 5.92 Å². The number of alkyl halides is 2. The van der Waals surface area contributed by atoms with Gasteiger partial charge in [0.15, 0.2) is 0 Å². The average Bonchev–Trinajstić information content (AvgIpc) is 2.61. The minimum atomic E-state index is -3.16. The van der Waals surface area contributed by atoms with Gasteiger partial charge in [-0.1, -0.05) is 0 Å². The van der Waals surface area contributed by atoms with Crippen molar-refractivity contribution in [2.24, 2.45) is 0 Å². The molecule has 6 heteroatoms. The quantitative estimate of drug-likeness (QED) is 0.851. The molecular weight excluding hydrogens is 235 g/mol. The number of carbonyl (C=O) groups is 1. The maximum absolute atomic E-state index is 13.4. The molecule has 0 atom stereocenters. The Labute approximate surface area is 93.9 Å². The van der Waals surface area contributed by atoms with Crippen LogP contribution in [0, 0.1) is 5.82 Å². The number of aromatic nitrogens is 1. The maximum atomic E-state index is 13.4. The molecule has 0 spiro atoms. The van der Waals surface area contributed by atoms with E-state index in [-0.39, 0.29) is 16.6 Å². The van der Waals surface area contributed by atoms with Crippen molar-refractivity contribution >= 4 is 16.9 Å². The fourth-order valence-corrected chi connectivity index (χ4v) is 1.68. The first-order valence-corrected chi connectivity index (χ1v) is 4.73. The van der Waals surface area contributed by atoms with Crippen LogP contribution in [0.1, 0.15) is 23.0 Å². The number of hydrogen-bond acceptors (Lipinski definition) is 1. The van der Waals surface area contributed by atoms with E-state index in [1.807, 2.05) is 0 Å². The minimum absolute atomic E-state index is 0.116. The Bertz CT molecular complexity index is 599. The van der Waals surface area contributed by atoms with E-state index in [0.29, 0.717) is 6.92 Å². The van der Waals surface area contributed by atoms with Crippen molar-refractivity contribution in [3.8, 4) is 0 Å². The highest BCUT2D eigenvalue weighted by Gasteiger charge is 2.28. The summed E-state index contributed by atoms with van der Waals surface area (Å²) in [5.41, 5.74) is -0.949. The zero-order chi connectivity index (χ0) is 12.8. The highest BCUT2D eigenvalue weighted by Crippen LogP contribution is 2.34. The van der Waals surface area contributed by atoms with Crippen molar-refractivity contribution in [3.05, 3.63) is 35.3 Å². The Kier molecular flexibility index (Phi) is 2.38. The van der Waals surface area contributed by atoms with Gasteiger partial charge >= 0.3 is 5.97 Å².